The predicted molar refractivity (Wildman–Crippen MR) is 78.3 cm³/mol. The van der Waals surface area contributed by atoms with Crippen LogP contribution >= 0.6 is 0 Å². The molecule has 1 fully saturated rings. The van der Waals surface area contributed by atoms with E-state index in [0.29, 0.717) is 30.8 Å². The van der Waals surface area contributed by atoms with Crippen molar-refractivity contribution >= 4 is 27.1 Å². The van der Waals surface area contributed by atoms with Gasteiger partial charge >= 0.3 is 0 Å². The molecule has 2 aliphatic rings. The molecule has 2 heterocycles. The van der Waals surface area contributed by atoms with Crippen LogP contribution in [0.25, 0.3) is 0 Å². The van der Waals surface area contributed by atoms with Gasteiger partial charge in [-0.2, -0.15) is 0 Å². The zero-order valence-electron chi connectivity index (χ0n) is 11.2. The molecular formula is C14H18N2O3S. The highest BCUT2D eigenvalue weighted by atomic mass is 32.2. The summed E-state index contributed by atoms with van der Waals surface area (Å²) in [5, 5.41) is -0.887. The molecule has 0 saturated carbocycles. The number of fused-ring (bicyclic) bond motifs is 1. The number of para-hydroxylation sites is 1. The number of nitrogens with two attached hydrogens (primary N) is 1. The molecule has 0 radical (unpaired) electrons. The van der Waals surface area contributed by atoms with Crippen molar-refractivity contribution in [1.29, 1.82) is 0 Å². The number of benzene rings is 1. The highest BCUT2D eigenvalue weighted by Gasteiger charge is 2.39. The Morgan fingerprint density at radius 2 is 2.10 bits per heavy atom. The fourth-order valence-corrected chi connectivity index (χ4v) is 4.96. The molecule has 1 aromatic carbocycles. The summed E-state index contributed by atoms with van der Waals surface area (Å²) < 4.78 is 24.2. The predicted octanol–water partition coefficient (Wildman–Crippen LogP) is 1.13. The van der Waals surface area contributed by atoms with Gasteiger partial charge in [0.2, 0.25) is 5.91 Å². The summed E-state index contributed by atoms with van der Waals surface area (Å²) in [7, 11) is -3.31. The SMILES string of the molecule is Nc1cccc2c1N(C(=O)C1CCCCS1(=O)=O)CC2. The van der Waals surface area contributed by atoms with Gasteiger partial charge in [-0.1, -0.05) is 18.6 Å². The molecule has 1 saturated heterocycles. The molecule has 1 amide bonds. The van der Waals surface area contributed by atoms with Gasteiger partial charge in [-0.25, -0.2) is 8.42 Å². The summed E-state index contributed by atoms with van der Waals surface area (Å²) in [4.78, 5) is 14.2. The molecule has 2 aliphatic heterocycles. The molecule has 0 spiro atoms. The Labute approximate surface area is 118 Å². The van der Waals surface area contributed by atoms with E-state index in [1.165, 1.54) is 0 Å². The Bertz CT molecular complexity index is 654. The molecule has 1 unspecified atom stereocenters. The van der Waals surface area contributed by atoms with Gasteiger partial charge in [0.05, 0.1) is 17.1 Å². The Morgan fingerprint density at radius 1 is 1.30 bits per heavy atom. The van der Waals surface area contributed by atoms with Gasteiger partial charge in [-0.05, 0) is 30.9 Å². The largest absolute Gasteiger partial charge is 0.397 e. The summed E-state index contributed by atoms with van der Waals surface area (Å²) in [6.45, 7) is 0.522. The third kappa shape index (κ3) is 2.08. The molecule has 0 aromatic heterocycles. The molecule has 0 aliphatic carbocycles. The highest BCUT2D eigenvalue weighted by Crippen LogP contribution is 2.35. The van der Waals surface area contributed by atoms with E-state index in [9.17, 15) is 13.2 Å². The van der Waals surface area contributed by atoms with E-state index < -0.39 is 15.1 Å². The standard InChI is InChI=1S/C14H18N2O3S/c15-11-5-3-4-10-7-8-16(13(10)11)14(17)12-6-1-2-9-20(12,18)19/h3-5,12H,1-2,6-9,15H2. The van der Waals surface area contributed by atoms with E-state index in [2.05, 4.69) is 0 Å². The van der Waals surface area contributed by atoms with Gasteiger partial charge < -0.3 is 10.6 Å². The van der Waals surface area contributed by atoms with Crippen LogP contribution in [-0.4, -0.2) is 31.9 Å². The van der Waals surface area contributed by atoms with Crippen molar-refractivity contribution in [2.24, 2.45) is 0 Å². The highest BCUT2D eigenvalue weighted by molar-refractivity contribution is 7.92. The lowest BCUT2D eigenvalue weighted by molar-refractivity contribution is -0.118. The third-order valence-corrected chi connectivity index (χ3v) is 6.31. The first-order valence-electron chi connectivity index (χ1n) is 6.91. The molecule has 1 atom stereocenters. The number of anilines is 2. The van der Waals surface area contributed by atoms with Crippen molar-refractivity contribution in [2.45, 2.75) is 30.9 Å². The van der Waals surface area contributed by atoms with Crippen molar-refractivity contribution in [3.05, 3.63) is 23.8 Å². The molecule has 1 aromatic rings. The molecule has 2 N–H and O–H groups in total. The van der Waals surface area contributed by atoms with Gasteiger partial charge in [-0.15, -0.1) is 0 Å². The summed E-state index contributed by atoms with van der Waals surface area (Å²) >= 11 is 0. The lowest BCUT2D eigenvalue weighted by atomic mass is 10.1. The first-order chi connectivity index (χ1) is 9.50. The fraction of sp³-hybridized carbons (Fsp3) is 0.500. The first kappa shape index (κ1) is 13.4. The molecule has 6 heteroatoms. The molecule has 5 nitrogen and oxygen atoms in total. The Hall–Kier alpha value is -1.56. The van der Waals surface area contributed by atoms with Gasteiger partial charge in [0.1, 0.15) is 5.25 Å². The Balaban J connectivity index is 1.94. The monoisotopic (exact) mass is 294 g/mol. The van der Waals surface area contributed by atoms with E-state index in [0.717, 1.165) is 18.4 Å². The number of nitrogen functional groups attached to an aromatic ring is 1. The van der Waals surface area contributed by atoms with Gasteiger partial charge in [0.15, 0.2) is 9.84 Å². The number of carbonyl (C=O) groups excluding carboxylic acids is 1. The molecule has 108 valence electrons. The lowest BCUT2D eigenvalue weighted by Gasteiger charge is -2.27. The maximum absolute atomic E-state index is 12.6. The number of amides is 1. The topological polar surface area (TPSA) is 80.5 Å². The smallest absolute Gasteiger partial charge is 0.245 e. The van der Waals surface area contributed by atoms with Crippen LogP contribution < -0.4 is 10.6 Å². The normalized spacial score (nSPS) is 24.4. The average Bonchev–Trinajstić information content (AvgIpc) is 2.83. The average molecular weight is 294 g/mol. The van der Waals surface area contributed by atoms with Crippen LogP contribution in [0.4, 0.5) is 11.4 Å². The molecule has 0 bridgehead atoms. The van der Waals surface area contributed by atoms with Crippen molar-refractivity contribution in [1.82, 2.24) is 0 Å². The number of rotatable bonds is 1. The van der Waals surface area contributed by atoms with E-state index in [1.807, 2.05) is 12.1 Å². The van der Waals surface area contributed by atoms with Crippen LogP contribution in [0.15, 0.2) is 18.2 Å². The van der Waals surface area contributed by atoms with Crippen LogP contribution in [0.2, 0.25) is 0 Å². The summed E-state index contributed by atoms with van der Waals surface area (Å²) in [6, 6.07) is 5.55. The van der Waals surface area contributed by atoms with Gasteiger partial charge in [0, 0.05) is 6.54 Å². The van der Waals surface area contributed by atoms with Gasteiger partial charge in [-0.3, -0.25) is 4.79 Å². The van der Waals surface area contributed by atoms with Crippen LogP contribution in [0.1, 0.15) is 24.8 Å². The maximum atomic E-state index is 12.6. The Kier molecular flexibility index (Phi) is 3.20. The van der Waals surface area contributed by atoms with Crippen molar-refractivity contribution < 1.29 is 13.2 Å². The zero-order chi connectivity index (χ0) is 14.3. The minimum absolute atomic E-state index is 0.119. The minimum atomic E-state index is -3.31. The fourth-order valence-electron chi connectivity index (χ4n) is 3.11. The summed E-state index contributed by atoms with van der Waals surface area (Å²) in [5.41, 5.74) is 8.22. The zero-order valence-corrected chi connectivity index (χ0v) is 12.0. The number of nitrogens with zero attached hydrogens (tertiary/aromatic N) is 1. The van der Waals surface area contributed by atoms with E-state index in [-0.39, 0.29) is 11.7 Å². The van der Waals surface area contributed by atoms with Crippen molar-refractivity contribution in [3.8, 4) is 0 Å². The molecular weight excluding hydrogens is 276 g/mol. The second-order valence-electron chi connectivity index (χ2n) is 5.45. The second kappa shape index (κ2) is 4.77. The quantitative estimate of drug-likeness (QED) is 0.787. The maximum Gasteiger partial charge on any atom is 0.245 e. The summed E-state index contributed by atoms with van der Waals surface area (Å²) in [6.07, 6.45) is 2.62. The van der Waals surface area contributed by atoms with E-state index in [1.54, 1.807) is 11.0 Å². The van der Waals surface area contributed by atoms with E-state index >= 15 is 0 Å². The van der Waals surface area contributed by atoms with Crippen LogP contribution in [-0.2, 0) is 21.1 Å². The van der Waals surface area contributed by atoms with Crippen LogP contribution in [0, 0.1) is 0 Å². The molecule has 20 heavy (non-hydrogen) atoms. The minimum Gasteiger partial charge on any atom is -0.397 e. The van der Waals surface area contributed by atoms with Crippen molar-refractivity contribution in [3.63, 3.8) is 0 Å². The number of carbonyl (C=O) groups is 1. The van der Waals surface area contributed by atoms with Gasteiger partial charge in [0.25, 0.3) is 0 Å². The Morgan fingerprint density at radius 3 is 2.85 bits per heavy atom. The first-order valence-corrected chi connectivity index (χ1v) is 8.62. The van der Waals surface area contributed by atoms with Crippen molar-refractivity contribution in [2.75, 3.05) is 22.9 Å². The number of sulfone groups is 1. The number of hydrogen-bond acceptors (Lipinski definition) is 4. The van der Waals surface area contributed by atoms with Crippen LogP contribution in [0.3, 0.4) is 0 Å². The van der Waals surface area contributed by atoms with Crippen LogP contribution in [0.5, 0.6) is 0 Å². The lowest BCUT2D eigenvalue weighted by Crippen LogP contribution is -2.45. The molecule has 3 rings (SSSR count). The summed E-state index contributed by atoms with van der Waals surface area (Å²) in [5.74, 6) is -0.185. The number of hydrogen-bond donors (Lipinski definition) is 1. The van der Waals surface area contributed by atoms with E-state index in [4.69, 9.17) is 5.73 Å². The third-order valence-electron chi connectivity index (χ3n) is 4.15. The second-order valence-corrected chi connectivity index (χ2v) is 7.75.